The molecule has 1 atom stereocenters. The second kappa shape index (κ2) is 6.07. The van der Waals surface area contributed by atoms with Crippen molar-refractivity contribution in [1.29, 1.82) is 0 Å². The molecule has 20 heavy (non-hydrogen) atoms. The molecule has 1 N–H and O–H groups in total. The zero-order chi connectivity index (χ0) is 14.7. The van der Waals surface area contributed by atoms with Crippen molar-refractivity contribution in [2.24, 2.45) is 0 Å². The molecule has 0 saturated carbocycles. The molecule has 1 aromatic rings. The van der Waals surface area contributed by atoms with Gasteiger partial charge in [-0.15, -0.1) is 0 Å². The molecule has 1 unspecified atom stereocenters. The van der Waals surface area contributed by atoms with Gasteiger partial charge in [-0.05, 0) is 44.7 Å². The highest BCUT2D eigenvalue weighted by Gasteiger charge is 2.29. The Morgan fingerprint density at radius 2 is 2.05 bits per heavy atom. The van der Waals surface area contributed by atoms with Gasteiger partial charge in [0.15, 0.2) is 0 Å². The number of aryl methyl sites for hydroxylation is 2. The number of carboxylic acids is 1. The van der Waals surface area contributed by atoms with Crippen LogP contribution in [0.15, 0.2) is 18.2 Å². The molecular weight excluding hydrogens is 254 g/mol. The third-order valence-corrected chi connectivity index (χ3v) is 3.92. The number of benzene rings is 1. The van der Waals surface area contributed by atoms with Crippen LogP contribution in [0.2, 0.25) is 0 Å². The number of aliphatic carboxylic acids is 1. The van der Waals surface area contributed by atoms with Gasteiger partial charge in [-0.25, -0.2) is 0 Å². The largest absolute Gasteiger partial charge is 0.481 e. The lowest BCUT2D eigenvalue weighted by Gasteiger charge is -2.35. The standard InChI is InChI=1S/C16H21NO3/c1-11-6-7-12(2)14(9-11)16(20)17-8-4-3-5-13(17)10-15(18)19/h6-7,9,13H,3-5,8,10H2,1-2H3,(H,18,19). The van der Waals surface area contributed by atoms with E-state index in [2.05, 4.69) is 0 Å². The summed E-state index contributed by atoms with van der Waals surface area (Å²) in [5.74, 6) is -0.868. The number of hydrogen-bond donors (Lipinski definition) is 1. The Morgan fingerprint density at radius 1 is 1.30 bits per heavy atom. The summed E-state index contributed by atoms with van der Waals surface area (Å²) in [6.07, 6.45) is 2.76. The van der Waals surface area contributed by atoms with Crippen LogP contribution < -0.4 is 0 Å². The van der Waals surface area contributed by atoms with Gasteiger partial charge in [-0.1, -0.05) is 17.7 Å². The monoisotopic (exact) mass is 275 g/mol. The van der Waals surface area contributed by atoms with E-state index in [1.807, 2.05) is 32.0 Å². The number of carboxylic acid groups (broad SMARTS) is 1. The van der Waals surface area contributed by atoms with Crippen molar-refractivity contribution in [2.45, 2.75) is 45.6 Å². The summed E-state index contributed by atoms with van der Waals surface area (Å²) in [5.41, 5.74) is 2.69. The summed E-state index contributed by atoms with van der Waals surface area (Å²) in [6.45, 7) is 4.54. The van der Waals surface area contributed by atoms with E-state index in [1.54, 1.807) is 4.90 Å². The molecule has 4 nitrogen and oxygen atoms in total. The Balaban J connectivity index is 2.25. The number of carbonyl (C=O) groups excluding carboxylic acids is 1. The third kappa shape index (κ3) is 3.18. The van der Waals surface area contributed by atoms with Crippen LogP contribution in [-0.2, 0) is 4.79 Å². The van der Waals surface area contributed by atoms with Gasteiger partial charge in [0.1, 0.15) is 0 Å². The van der Waals surface area contributed by atoms with Gasteiger partial charge >= 0.3 is 5.97 Å². The first-order valence-corrected chi connectivity index (χ1v) is 7.09. The van der Waals surface area contributed by atoms with E-state index in [1.165, 1.54) is 0 Å². The molecule has 0 aliphatic carbocycles. The molecular formula is C16H21NO3. The lowest BCUT2D eigenvalue weighted by molar-refractivity contribution is -0.138. The van der Waals surface area contributed by atoms with Crippen molar-refractivity contribution in [3.63, 3.8) is 0 Å². The number of rotatable bonds is 3. The fourth-order valence-electron chi connectivity index (χ4n) is 2.80. The predicted octanol–water partition coefficient (Wildman–Crippen LogP) is 2.77. The van der Waals surface area contributed by atoms with Gasteiger partial charge < -0.3 is 10.0 Å². The molecule has 2 rings (SSSR count). The molecule has 0 radical (unpaired) electrons. The van der Waals surface area contributed by atoms with E-state index in [-0.39, 0.29) is 18.4 Å². The minimum absolute atomic E-state index is 0.0304. The van der Waals surface area contributed by atoms with Crippen LogP contribution in [0.25, 0.3) is 0 Å². The molecule has 1 fully saturated rings. The van der Waals surface area contributed by atoms with Crippen LogP contribution >= 0.6 is 0 Å². The molecule has 108 valence electrons. The number of nitrogens with zero attached hydrogens (tertiary/aromatic N) is 1. The van der Waals surface area contributed by atoms with Gasteiger partial charge in [0.05, 0.1) is 6.42 Å². The Kier molecular flexibility index (Phi) is 4.42. The summed E-state index contributed by atoms with van der Waals surface area (Å²) in [5, 5.41) is 9.00. The Labute approximate surface area is 119 Å². The van der Waals surface area contributed by atoms with E-state index >= 15 is 0 Å². The maximum atomic E-state index is 12.7. The average Bonchev–Trinajstić information content (AvgIpc) is 2.41. The maximum absolute atomic E-state index is 12.7. The molecule has 0 bridgehead atoms. The summed E-state index contributed by atoms with van der Waals surface area (Å²) in [4.78, 5) is 25.4. The van der Waals surface area contributed by atoms with Crippen LogP contribution in [0.5, 0.6) is 0 Å². The van der Waals surface area contributed by atoms with E-state index in [0.717, 1.165) is 30.4 Å². The molecule has 1 aliphatic rings. The number of likely N-dealkylation sites (tertiary alicyclic amines) is 1. The Hall–Kier alpha value is -1.84. The SMILES string of the molecule is Cc1ccc(C)c(C(=O)N2CCCCC2CC(=O)O)c1. The van der Waals surface area contributed by atoms with Crippen molar-refractivity contribution in [3.8, 4) is 0 Å². The molecule has 1 aliphatic heterocycles. The number of hydrogen-bond acceptors (Lipinski definition) is 2. The second-order valence-corrected chi connectivity index (χ2v) is 5.56. The molecule has 1 aromatic carbocycles. The zero-order valence-electron chi connectivity index (χ0n) is 12.1. The Morgan fingerprint density at radius 3 is 2.75 bits per heavy atom. The molecule has 4 heteroatoms. The van der Waals surface area contributed by atoms with Crippen molar-refractivity contribution in [2.75, 3.05) is 6.54 Å². The predicted molar refractivity (Wildman–Crippen MR) is 76.8 cm³/mol. The normalized spacial score (nSPS) is 18.9. The highest BCUT2D eigenvalue weighted by Crippen LogP contribution is 2.23. The van der Waals surface area contributed by atoms with Crippen molar-refractivity contribution in [1.82, 2.24) is 4.90 Å². The van der Waals surface area contributed by atoms with Gasteiger partial charge in [0, 0.05) is 18.2 Å². The van der Waals surface area contributed by atoms with Crippen LogP contribution in [0.3, 0.4) is 0 Å². The van der Waals surface area contributed by atoms with Crippen molar-refractivity contribution >= 4 is 11.9 Å². The van der Waals surface area contributed by atoms with Gasteiger partial charge in [0.2, 0.25) is 0 Å². The fourth-order valence-corrected chi connectivity index (χ4v) is 2.80. The van der Waals surface area contributed by atoms with Crippen LogP contribution in [0, 0.1) is 13.8 Å². The van der Waals surface area contributed by atoms with Crippen molar-refractivity contribution < 1.29 is 14.7 Å². The van der Waals surface area contributed by atoms with Gasteiger partial charge in [-0.2, -0.15) is 0 Å². The van der Waals surface area contributed by atoms with Gasteiger partial charge in [-0.3, -0.25) is 9.59 Å². The highest BCUT2D eigenvalue weighted by molar-refractivity contribution is 5.96. The Bertz CT molecular complexity index is 524. The molecule has 1 heterocycles. The topological polar surface area (TPSA) is 57.6 Å². The molecule has 0 aromatic heterocycles. The van der Waals surface area contributed by atoms with Crippen LogP contribution in [0.1, 0.15) is 47.2 Å². The smallest absolute Gasteiger partial charge is 0.305 e. The fraction of sp³-hybridized carbons (Fsp3) is 0.500. The van der Waals surface area contributed by atoms with Crippen LogP contribution in [0.4, 0.5) is 0 Å². The quantitative estimate of drug-likeness (QED) is 0.922. The third-order valence-electron chi connectivity index (χ3n) is 3.92. The lowest BCUT2D eigenvalue weighted by Crippen LogP contribution is -2.45. The van der Waals surface area contributed by atoms with Crippen molar-refractivity contribution in [3.05, 3.63) is 34.9 Å². The minimum atomic E-state index is -0.837. The maximum Gasteiger partial charge on any atom is 0.305 e. The molecule has 1 amide bonds. The number of amides is 1. The van der Waals surface area contributed by atoms with Gasteiger partial charge in [0.25, 0.3) is 5.91 Å². The average molecular weight is 275 g/mol. The highest BCUT2D eigenvalue weighted by atomic mass is 16.4. The molecule has 0 spiro atoms. The first-order valence-electron chi connectivity index (χ1n) is 7.09. The summed E-state index contributed by atoms with van der Waals surface area (Å²) < 4.78 is 0. The first kappa shape index (κ1) is 14.6. The minimum Gasteiger partial charge on any atom is -0.481 e. The van der Waals surface area contributed by atoms with E-state index in [0.29, 0.717) is 12.1 Å². The summed E-state index contributed by atoms with van der Waals surface area (Å²) >= 11 is 0. The van der Waals surface area contributed by atoms with E-state index in [9.17, 15) is 9.59 Å². The van der Waals surface area contributed by atoms with E-state index in [4.69, 9.17) is 5.11 Å². The van der Waals surface area contributed by atoms with E-state index < -0.39 is 5.97 Å². The second-order valence-electron chi connectivity index (χ2n) is 5.56. The lowest BCUT2D eigenvalue weighted by atomic mass is 9.96. The molecule has 1 saturated heterocycles. The number of piperidine rings is 1. The number of carbonyl (C=O) groups is 2. The zero-order valence-corrected chi connectivity index (χ0v) is 12.1. The van der Waals surface area contributed by atoms with Crippen LogP contribution in [-0.4, -0.2) is 34.5 Å². The summed E-state index contributed by atoms with van der Waals surface area (Å²) in [7, 11) is 0. The first-order chi connectivity index (χ1) is 9.49. The summed E-state index contributed by atoms with van der Waals surface area (Å²) in [6, 6.07) is 5.65.